The van der Waals surface area contributed by atoms with Crippen LogP contribution in [0, 0.1) is 22.7 Å². The zero-order valence-electron chi connectivity index (χ0n) is 22.3. The minimum atomic E-state index is 0.602. The van der Waals surface area contributed by atoms with Crippen LogP contribution >= 0.6 is 11.3 Å². The Labute approximate surface area is 245 Å². The second-order valence-electron chi connectivity index (χ2n) is 10.3. The summed E-state index contributed by atoms with van der Waals surface area (Å²) < 4.78 is 8.57. The fourth-order valence-electron chi connectivity index (χ4n) is 6.02. The summed E-state index contributed by atoms with van der Waals surface area (Å²) in [6.45, 7) is 0. The van der Waals surface area contributed by atoms with Gasteiger partial charge in [0.25, 0.3) is 0 Å². The van der Waals surface area contributed by atoms with Crippen LogP contribution in [0.15, 0.2) is 126 Å². The van der Waals surface area contributed by atoms with Crippen molar-refractivity contribution in [1.29, 1.82) is 10.5 Å². The highest BCUT2D eigenvalue weighted by Gasteiger charge is 2.18. The van der Waals surface area contributed by atoms with Gasteiger partial charge in [-0.25, -0.2) is 0 Å². The minimum absolute atomic E-state index is 0.602. The van der Waals surface area contributed by atoms with Crippen molar-refractivity contribution in [2.24, 2.45) is 0 Å². The molecule has 8 rings (SSSR count). The molecule has 0 bridgehead atoms. The highest BCUT2D eigenvalue weighted by Crippen LogP contribution is 2.44. The molecule has 0 saturated carbocycles. The molecule has 4 heteroatoms. The maximum atomic E-state index is 10.1. The van der Waals surface area contributed by atoms with E-state index in [-0.39, 0.29) is 0 Å². The zero-order chi connectivity index (χ0) is 28.2. The smallest absolute Gasteiger partial charge is 0.135 e. The standard InChI is InChI=1S/C38H20N2OS/c39-21-23-12-16-34-32(18-23)33-20-25(14-17-35(33)41-34)24-13-15-28(31(19-24)27-7-2-1-6-26(27)22-40)29-9-5-11-37-38(29)30-8-3-4-10-36(30)42-37/h1-20H. The van der Waals surface area contributed by atoms with Crippen molar-refractivity contribution in [3.05, 3.63) is 132 Å². The van der Waals surface area contributed by atoms with Crippen molar-refractivity contribution in [2.75, 3.05) is 0 Å². The first-order chi connectivity index (χ1) is 20.7. The number of hydrogen-bond acceptors (Lipinski definition) is 4. The second-order valence-corrected chi connectivity index (χ2v) is 11.4. The number of fused-ring (bicyclic) bond motifs is 6. The topological polar surface area (TPSA) is 60.7 Å². The molecule has 0 aliphatic heterocycles. The molecule has 8 aromatic rings. The molecule has 0 saturated heterocycles. The molecule has 2 aromatic heterocycles. The van der Waals surface area contributed by atoms with Crippen LogP contribution in [0.1, 0.15) is 11.1 Å². The Morgan fingerprint density at radius 1 is 0.500 bits per heavy atom. The zero-order valence-corrected chi connectivity index (χ0v) is 23.1. The van der Waals surface area contributed by atoms with Gasteiger partial charge in [0, 0.05) is 36.5 Å². The summed E-state index contributed by atoms with van der Waals surface area (Å²) in [7, 11) is 0. The molecule has 0 spiro atoms. The van der Waals surface area contributed by atoms with Crippen LogP contribution in [0.5, 0.6) is 0 Å². The van der Waals surface area contributed by atoms with Crippen LogP contribution in [0.25, 0.3) is 75.5 Å². The first kappa shape index (κ1) is 24.1. The van der Waals surface area contributed by atoms with E-state index in [1.54, 1.807) is 17.4 Å². The van der Waals surface area contributed by atoms with Crippen molar-refractivity contribution in [2.45, 2.75) is 0 Å². The second kappa shape index (κ2) is 9.46. The third kappa shape index (κ3) is 3.71. The molecule has 0 fully saturated rings. The van der Waals surface area contributed by atoms with Crippen molar-refractivity contribution >= 4 is 53.4 Å². The summed E-state index contributed by atoms with van der Waals surface area (Å²) in [5, 5.41) is 23.9. The third-order valence-electron chi connectivity index (χ3n) is 7.98. The van der Waals surface area contributed by atoms with Crippen LogP contribution in [0.2, 0.25) is 0 Å². The van der Waals surface area contributed by atoms with Gasteiger partial charge in [0.15, 0.2) is 0 Å². The van der Waals surface area contributed by atoms with Gasteiger partial charge in [-0.05, 0) is 82.4 Å². The molecule has 3 nitrogen and oxygen atoms in total. The summed E-state index contributed by atoms with van der Waals surface area (Å²) >= 11 is 1.80. The van der Waals surface area contributed by atoms with E-state index in [1.807, 2.05) is 42.5 Å². The van der Waals surface area contributed by atoms with E-state index in [9.17, 15) is 10.5 Å². The monoisotopic (exact) mass is 552 g/mol. The lowest BCUT2D eigenvalue weighted by Gasteiger charge is -2.15. The van der Waals surface area contributed by atoms with E-state index in [2.05, 4.69) is 84.9 Å². The SMILES string of the molecule is N#Cc1ccc2oc3ccc(-c4ccc(-c5cccc6sc7ccccc7c56)c(-c5ccccc5C#N)c4)cc3c2c1. The number of nitriles is 2. The van der Waals surface area contributed by atoms with E-state index in [1.165, 1.54) is 20.2 Å². The summed E-state index contributed by atoms with van der Waals surface area (Å²) in [6, 6.07) is 45.7. The van der Waals surface area contributed by atoms with Crippen molar-refractivity contribution < 1.29 is 4.42 Å². The lowest BCUT2D eigenvalue weighted by Crippen LogP contribution is -1.91. The first-order valence-corrected chi connectivity index (χ1v) is 14.4. The molecule has 42 heavy (non-hydrogen) atoms. The molecule has 0 N–H and O–H groups in total. The lowest BCUT2D eigenvalue weighted by atomic mass is 9.87. The molecule has 0 amide bonds. The number of hydrogen-bond donors (Lipinski definition) is 0. The van der Waals surface area contributed by atoms with Crippen molar-refractivity contribution in [3.8, 4) is 45.5 Å². The summed E-state index contributed by atoms with van der Waals surface area (Å²) in [4.78, 5) is 0. The molecule has 194 valence electrons. The number of rotatable bonds is 3. The molecular weight excluding hydrogens is 532 g/mol. The van der Waals surface area contributed by atoms with Crippen LogP contribution in [0.4, 0.5) is 0 Å². The maximum absolute atomic E-state index is 10.1. The molecular formula is C38H20N2OS. The van der Waals surface area contributed by atoms with E-state index in [0.717, 1.165) is 55.3 Å². The van der Waals surface area contributed by atoms with E-state index in [0.29, 0.717) is 11.1 Å². The average molecular weight is 553 g/mol. The first-order valence-electron chi connectivity index (χ1n) is 13.6. The number of furan rings is 1. The normalized spacial score (nSPS) is 11.3. The van der Waals surface area contributed by atoms with Crippen LogP contribution < -0.4 is 0 Å². The fourth-order valence-corrected chi connectivity index (χ4v) is 7.15. The minimum Gasteiger partial charge on any atom is -0.456 e. The largest absolute Gasteiger partial charge is 0.456 e. The van der Waals surface area contributed by atoms with Gasteiger partial charge in [0.2, 0.25) is 0 Å². The Balaban J connectivity index is 1.39. The van der Waals surface area contributed by atoms with Gasteiger partial charge in [0.1, 0.15) is 11.2 Å². The summed E-state index contributed by atoms with van der Waals surface area (Å²) in [5.41, 5.74) is 9.01. The summed E-state index contributed by atoms with van der Waals surface area (Å²) in [6.07, 6.45) is 0. The third-order valence-corrected chi connectivity index (χ3v) is 9.12. The number of benzene rings is 6. The molecule has 6 aromatic carbocycles. The van der Waals surface area contributed by atoms with Gasteiger partial charge in [-0.3, -0.25) is 0 Å². The molecule has 0 aliphatic rings. The van der Waals surface area contributed by atoms with E-state index < -0.39 is 0 Å². The Bertz CT molecular complexity index is 2450. The van der Waals surface area contributed by atoms with Crippen LogP contribution in [-0.4, -0.2) is 0 Å². The van der Waals surface area contributed by atoms with Gasteiger partial charge < -0.3 is 4.42 Å². The maximum Gasteiger partial charge on any atom is 0.135 e. The van der Waals surface area contributed by atoms with Gasteiger partial charge in [-0.15, -0.1) is 11.3 Å². The molecule has 0 atom stereocenters. The highest BCUT2D eigenvalue weighted by molar-refractivity contribution is 7.25. The lowest BCUT2D eigenvalue weighted by molar-refractivity contribution is 0.669. The van der Waals surface area contributed by atoms with E-state index >= 15 is 0 Å². The summed E-state index contributed by atoms with van der Waals surface area (Å²) in [5.74, 6) is 0. The molecule has 0 radical (unpaired) electrons. The van der Waals surface area contributed by atoms with Gasteiger partial charge >= 0.3 is 0 Å². The van der Waals surface area contributed by atoms with Crippen molar-refractivity contribution in [3.63, 3.8) is 0 Å². The average Bonchev–Trinajstić information content (AvgIpc) is 3.62. The predicted octanol–water partition coefficient (Wildman–Crippen LogP) is 10.7. The van der Waals surface area contributed by atoms with Crippen LogP contribution in [-0.2, 0) is 0 Å². The van der Waals surface area contributed by atoms with Gasteiger partial charge in [0.05, 0.1) is 23.3 Å². The molecule has 0 aliphatic carbocycles. The number of nitrogens with zero attached hydrogens (tertiary/aromatic N) is 2. The number of thiophene rings is 1. The predicted molar refractivity (Wildman–Crippen MR) is 172 cm³/mol. The van der Waals surface area contributed by atoms with Crippen molar-refractivity contribution in [1.82, 2.24) is 0 Å². The molecule has 2 heterocycles. The van der Waals surface area contributed by atoms with Gasteiger partial charge in [-0.1, -0.05) is 66.7 Å². The Kier molecular flexibility index (Phi) is 5.44. The van der Waals surface area contributed by atoms with Gasteiger partial charge in [-0.2, -0.15) is 10.5 Å². The highest BCUT2D eigenvalue weighted by atomic mass is 32.1. The molecule has 0 unspecified atom stereocenters. The van der Waals surface area contributed by atoms with Crippen LogP contribution in [0.3, 0.4) is 0 Å². The Morgan fingerprint density at radius 3 is 2.10 bits per heavy atom. The Morgan fingerprint density at radius 2 is 1.21 bits per heavy atom. The quantitative estimate of drug-likeness (QED) is 0.219. The Hall–Kier alpha value is -5.68. The fraction of sp³-hybridized carbons (Fsp3) is 0. The van der Waals surface area contributed by atoms with E-state index in [4.69, 9.17) is 4.42 Å².